The van der Waals surface area contributed by atoms with Gasteiger partial charge in [-0.1, -0.05) is 0 Å². The fourth-order valence-corrected chi connectivity index (χ4v) is 6.22. The van der Waals surface area contributed by atoms with Crippen LogP contribution < -0.4 is 19.7 Å². The number of piperazine rings is 1. The van der Waals surface area contributed by atoms with Crippen LogP contribution in [0.5, 0.6) is 5.75 Å². The molecule has 1 aliphatic heterocycles. The summed E-state index contributed by atoms with van der Waals surface area (Å²) < 4.78 is 34.4. The van der Waals surface area contributed by atoms with E-state index in [9.17, 15) is 8.42 Å². The summed E-state index contributed by atoms with van der Waals surface area (Å²) >= 11 is 4.47. The minimum atomic E-state index is -3.67. The Kier molecular flexibility index (Phi) is 5.81. The lowest BCUT2D eigenvalue weighted by Crippen LogP contribution is -2.54. The zero-order valence-electron chi connectivity index (χ0n) is 14.8. The summed E-state index contributed by atoms with van der Waals surface area (Å²) in [5, 5.41) is 3.50. The van der Waals surface area contributed by atoms with Gasteiger partial charge in [0.15, 0.2) is 0 Å². The van der Waals surface area contributed by atoms with Crippen LogP contribution in [0.2, 0.25) is 0 Å². The minimum absolute atomic E-state index is 0.251. The fourth-order valence-electron chi connectivity index (χ4n) is 3.15. The van der Waals surface area contributed by atoms with Crippen molar-refractivity contribution >= 4 is 48.7 Å². The Morgan fingerprint density at radius 1 is 1.23 bits per heavy atom. The molecule has 0 unspecified atom stereocenters. The van der Waals surface area contributed by atoms with E-state index in [0.29, 0.717) is 23.5 Å². The maximum absolute atomic E-state index is 12.7. The van der Waals surface area contributed by atoms with E-state index in [0.717, 1.165) is 22.6 Å². The Labute approximate surface area is 166 Å². The molecular weight excluding hydrogens is 438 g/mol. The summed E-state index contributed by atoms with van der Waals surface area (Å²) in [6.45, 7) is 6.01. The van der Waals surface area contributed by atoms with E-state index in [2.05, 4.69) is 44.7 Å². The summed E-state index contributed by atoms with van der Waals surface area (Å²) in [5.41, 5.74) is 1.41. The number of ether oxygens (including phenoxy) is 1. The van der Waals surface area contributed by atoms with E-state index in [1.807, 2.05) is 12.1 Å². The molecule has 2 N–H and O–H groups in total. The van der Waals surface area contributed by atoms with E-state index < -0.39 is 10.0 Å². The number of hydrogen-bond donors (Lipinski definition) is 2. The number of sulfonamides is 1. The van der Waals surface area contributed by atoms with Gasteiger partial charge in [-0.15, -0.1) is 11.3 Å². The van der Waals surface area contributed by atoms with Crippen LogP contribution in [0.25, 0.3) is 0 Å². The predicted octanol–water partition coefficient (Wildman–Crippen LogP) is 3.51. The molecule has 9 heteroatoms. The number of anilines is 2. The van der Waals surface area contributed by atoms with Crippen LogP contribution in [0.15, 0.2) is 38.3 Å². The molecule has 0 spiro atoms. The van der Waals surface area contributed by atoms with Crippen molar-refractivity contribution < 1.29 is 13.2 Å². The van der Waals surface area contributed by atoms with E-state index in [1.165, 1.54) is 18.4 Å². The summed E-state index contributed by atoms with van der Waals surface area (Å²) in [5.74, 6) is 0.490. The number of thiophene rings is 1. The highest BCUT2D eigenvalue weighted by Crippen LogP contribution is 2.34. The van der Waals surface area contributed by atoms with Gasteiger partial charge < -0.3 is 15.0 Å². The lowest BCUT2D eigenvalue weighted by atomic mass is 10.1. The second-order valence-electron chi connectivity index (χ2n) is 6.42. The van der Waals surface area contributed by atoms with Gasteiger partial charge in [0.2, 0.25) is 0 Å². The van der Waals surface area contributed by atoms with E-state index in [1.54, 1.807) is 18.2 Å². The second kappa shape index (κ2) is 7.75. The molecule has 3 rings (SSSR count). The molecular formula is C17H22BrN3O3S2. The normalized spacial score (nSPS) is 20.8. The Bertz CT molecular complexity index is 875. The van der Waals surface area contributed by atoms with Crippen LogP contribution in [-0.2, 0) is 10.0 Å². The van der Waals surface area contributed by atoms with Crippen molar-refractivity contribution in [3.05, 3.63) is 34.1 Å². The monoisotopic (exact) mass is 459 g/mol. The molecule has 1 saturated heterocycles. The number of rotatable bonds is 5. The van der Waals surface area contributed by atoms with E-state index >= 15 is 0 Å². The standard InChI is InChI=1S/C17H22BrN3O3S2/c1-11-9-21(10-12(2)19-11)13-4-5-15(24-3)14(8-13)20-26(22,23)17-7-6-16(18)25-17/h4-8,11-12,19-20H,9-10H2,1-3H3/t11-,12+. The lowest BCUT2D eigenvalue weighted by Gasteiger charge is -2.38. The molecule has 6 nitrogen and oxygen atoms in total. The Balaban J connectivity index is 1.91. The molecule has 0 aliphatic carbocycles. The maximum Gasteiger partial charge on any atom is 0.271 e. The maximum atomic E-state index is 12.7. The zero-order chi connectivity index (χ0) is 18.9. The molecule has 2 atom stereocenters. The topological polar surface area (TPSA) is 70.7 Å². The highest BCUT2D eigenvalue weighted by atomic mass is 79.9. The number of methoxy groups -OCH3 is 1. The lowest BCUT2D eigenvalue weighted by molar-refractivity contribution is 0.406. The highest BCUT2D eigenvalue weighted by molar-refractivity contribution is 9.11. The first kappa shape index (κ1) is 19.5. The minimum Gasteiger partial charge on any atom is -0.495 e. The van der Waals surface area contributed by atoms with Crippen molar-refractivity contribution in [2.75, 3.05) is 29.8 Å². The molecule has 1 aromatic heterocycles. The molecule has 0 radical (unpaired) electrons. The Hall–Kier alpha value is -1.29. The van der Waals surface area contributed by atoms with Gasteiger partial charge in [0.25, 0.3) is 10.0 Å². The first-order chi connectivity index (χ1) is 12.3. The summed E-state index contributed by atoms with van der Waals surface area (Å²) in [6.07, 6.45) is 0. The van der Waals surface area contributed by atoms with Crippen molar-refractivity contribution in [3.8, 4) is 5.75 Å². The van der Waals surface area contributed by atoms with Crippen LogP contribution in [-0.4, -0.2) is 40.7 Å². The predicted molar refractivity (Wildman–Crippen MR) is 110 cm³/mol. The number of halogens is 1. The molecule has 0 saturated carbocycles. The van der Waals surface area contributed by atoms with Crippen LogP contribution in [0.4, 0.5) is 11.4 Å². The number of nitrogens with zero attached hydrogens (tertiary/aromatic N) is 1. The molecule has 26 heavy (non-hydrogen) atoms. The second-order valence-corrected chi connectivity index (χ2v) is 10.8. The molecule has 0 bridgehead atoms. The van der Waals surface area contributed by atoms with Gasteiger partial charge in [0, 0.05) is 30.9 Å². The van der Waals surface area contributed by atoms with Crippen LogP contribution >= 0.6 is 27.3 Å². The summed E-state index contributed by atoms with van der Waals surface area (Å²) in [4.78, 5) is 2.25. The zero-order valence-corrected chi connectivity index (χ0v) is 18.0. The van der Waals surface area contributed by atoms with Gasteiger partial charge in [0.1, 0.15) is 9.96 Å². The first-order valence-corrected chi connectivity index (χ1v) is 11.3. The molecule has 1 aromatic carbocycles. The third-order valence-corrected chi connectivity index (χ3v) is 7.64. The SMILES string of the molecule is COc1ccc(N2C[C@@H](C)N[C@@H](C)C2)cc1NS(=O)(=O)c1ccc(Br)s1. The van der Waals surface area contributed by atoms with Crippen LogP contribution in [0.3, 0.4) is 0 Å². The largest absolute Gasteiger partial charge is 0.495 e. The number of hydrogen-bond acceptors (Lipinski definition) is 6. The smallest absolute Gasteiger partial charge is 0.271 e. The molecule has 2 aromatic rings. The quantitative estimate of drug-likeness (QED) is 0.715. The number of nitrogens with one attached hydrogen (secondary N) is 2. The van der Waals surface area contributed by atoms with Crippen LogP contribution in [0.1, 0.15) is 13.8 Å². The molecule has 1 fully saturated rings. The van der Waals surface area contributed by atoms with Gasteiger partial charge >= 0.3 is 0 Å². The summed E-state index contributed by atoms with van der Waals surface area (Å²) in [7, 11) is -2.14. The van der Waals surface area contributed by atoms with Crippen molar-refractivity contribution in [1.82, 2.24) is 5.32 Å². The van der Waals surface area contributed by atoms with Gasteiger partial charge in [-0.3, -0.25) is 4.72 Å². The first-order valence-electron chi connectivity index (χ1n) is 8.25. The molecule has 1 aliphatic rings. The molecule has 2 heterocycles. The Morgan fingerprint density at radius 2 is 1.92 bits per heavy atom. The van der Waals surface area contributed by atoms with Crippen LogP contribution in [0, 0.1) is 0 Å². The van der Waals surface area contributed by atoms with Gasteiger partial charge in [0.05, 0.1) is 16.6 Å². The molecule has 0 amide bonds. The van der Waals surface area contributed by atoms with Crippen molar-refractivity contribution in [2.45, 2.75) is 30.1 Å². The molecule has 142 valence electrons. The van der Waals surface area contributed by atoms with Crippen molar-refractivity contribution in [1.29, 1.82) is 0 Å². The van der Waals surface area contributed by atoms with Crippen molar-refractivity contribution in [3.63, 3.8) is 0 Å². The summed E-state index contributed by atoms with van der Waals surface area (Å²) in [6, 6.07) is 9.62. The van der Waals surface area contributed by atoms with Gasteiger partial charge in [-0.25, -0.2) is 8.42 Å². The fraction of sp³-hybridized carbons (Fsp3) is 0.412. The average molecular weight is 460 g/mol. The van der Waals surface area contributed by atoms with Gasteiger partial charge in [-0.05, 0) is 60.1 Å². The van der Waals surface area contributed by atoms with Crippen molar-refractivity contribution in [2.24, 2.45) is 0 Å². The van der Waals surface area contributed by atoms with E-state index in [-0.39, 0.29) is 4.21 Å². The van der Waals surface area contributed by atoms with E-state index in [4.69, 9.17) is 4.74 Å². The number of benzene rings is 1. The average Bonchev–Trinajstić information content (AvgIpc) is 3.01. The Morgan fingerprint density at radius 3 is 2.50 bits per heavy atom. The van der Waals surface area contributed by atoms with Gasteiger partial charge in [-0.2, -0.15) is 0 Å². The third kappa shape index (κ3) is 4.33. The highest BCUT2D eigenvalue weighted by Gasteiger charge is 2.23. The third-order valence-electron chi connectivity index (χ3n) is 4.16.